The van der Waals surface area contributed by atoms with Gasteiger partial charge in [0.05, 0.1) is 0 Å². The van der Waals surface area contributed by atoms with E-state index >= 15 is 0 Å². The highest BCUT2D eigenvalue weighted by atomic mass is 16.4. The summed E-state index contributed by atoms with van der Waals surface area (Å²) in [5.41, 5.74) is 1.60. The van der Waals surface area contributed by atoms with Crippen LogP contribution in [0.2, 0.25) is 0 Å². The molecule has 1 aliphatic rings. The van der Waals surface area contributed by atoms with Gasteiger partial charge in [-0.25, -0.2) is 19.5 Å². The summed E-state index contributed by atoms with van der Waals surface area (Å²) in [7, 11) is 0. The molecule has 0 saturated carbocycles. The zero-order chi connectivity index (χ0) is 18.4. The normalized spacial score (nSPS) is 15.9. The van der Waals surface area contributed by atoms with Crippen LogP contribution in [0.15, 0.2) is 77.9 Å². The second-order valence-corrected chi connectivity index (χ2v) is 5.57. The average Bonchev–Trinajstić information content (AvgIpc) is 2.67. The highest BCUT2D eigenvalue weighted by Crippen LogP contribution is 2.14. The Bertz CT molecular complexity index is 834. The minimum absolute atomic E-state index is 0.258. The van der Waals surface area contributed by atoms with E-state index in [-0.39, 0.29) is 5.84 Å². The monoisotopic (exact) mass is 350 g/mol. The van der Waals surface area contributed by atoms with Gasteiger partial charge in [0.25, 0.3) is 0 Å². The van der Waals surface area contributed by atoms with Gasteiger partial charge in [-0.05, 0) is 11.6 Å². The number of aliphatic imine (C=N–C) groups is 1. The standard InChI is InChI=1S/C19H18N4O3/c24-18(21-13-14-7-3-1-4-8-14)22-16-11-12-20-17(23(16)19(25)26)15-9-5-2-6-10-15/h1-12,16H,13H2,(H,25,26)(H2,21,22,24). The lowest BCUT2D eigenvalue weighted by Gasteiger charge is -2.30. The Kier molecular flexibility index (Phi) is 5.28. The topological polar surface area (TPSA) is 94.0 Å². The van der Waals surface area contributed by atoms with Crippen LogP contribution in [-0.4, -0.2) is 34.1 Å². The van der Waals surface area contributed by atoms with Crippen LogP contribution in [0.1, 0.15) is 11.1 Å². The van der Waals surface area contributed by atoms with Crippen molar-refractivity contribution in [2.75, 3.05) is 0 Å². The number of benzene rings is 2. The number of carboxylic acid groups (broad SMARTS) is 1. The maximum atomic E-state index is 12.2. The molecule has 1 unspecified atom stereocenters. The molecule has 3 rings (SSSR count). The number of urea groups is 1. The number of hydrogen-bond acceptors (Lipinski definition) is 3. The Morgan fingerprint density at radius 1 is 1.04 bits per heavy atom. The van der Waals surface area contributed by atoms with Crippen molar-refractivity contribution in [3.63, 3.8) is 0 Å². The number of nitrogens with one attached hydrogen (secondary N) is 2. The van der Waals surface area contributed by atoms with Crippen LogP contribution in [0.4, 0.5) is 9.59 Å². The van der Waals surface area contributed by atoms with Crippen LogP contribution in [-0.2, 0) is 6.54 Å². The predicted octanol–water partition coefficient (Wildman–Crippen LogP) is 2.77. The molecule has 132 valence electrons. The maximum Gasteiger partial charge on any atom is 0.415 e. The van der Waals surface area contributed by atoms with Gasteiger partial charge in [0.2, 0.25) is 0 Å². The molecular formula is C19H18N4O3. The maximum absolute atomic E-state index is 12.2. The van der Waals surface area contributed by atoms with Gasteiger partial charge in [-0.15, -0.1) is 0 Å². The quantitative estimate of drug-likeness (QED) is 0.791. The molecule has 0 radical (unpaired) electrons. The van der Waals surface area contributed by atoms with E-state index in [1.165, 1.54) is 12.3 Å². The fourth-order valence-electron chi connectivity index (χ4n) is 2.56. The van der Waals surface area contributed by atoms with Crippen molar-refractivity contribution >= 4 is 18.0 Å². The molecule has 26 heavy (non-hydrogen) atoms. The molecule has 0 saturated heterocycles. The summed E-state index contributed by atoms with van der Waals surface area (Å²) in [5, 5.41) is 15.0. The highest BCUT2D eigenvalue weighted by molar-refractivity contribution is 6.07. The number of amidine groups is 1. The predicted molar refractivity (Wildman–Crippen MR) is 97.6 cm³/mol. The fraction of sp³-hybridized carbons (Fsp3) is 0.105. The molecule has 3 N–H and O–H groups in total. The Balaban J connectivity index is 1.69. The molecule has 1 aliphatic heterocycles. The van der Waals surface area contributed by atoms with Crippen LogP contribution < -0.4 is 10.6 Å². The molecule has 1 heterocycles. The molecule has 0 fully saturated rings. The summed E-state index contributed by atoms with van der Waals surface area (Å²) in [6, 6.07) is 17.9. The first-order valence-electron chi connectivity index (χ1n) is 8.05. The van der Waals surface area contributed by atoms with E-state index in [1.54, 1.807) is 24.3 Å². The van der Waals surface area contributed by atoms with Gasteiger partial charge in [0, 0.05) is 18.3 Å². The van der Waals surface area contributed by atoms with E-state index in [0.717, 1.165) is 10.5 Å². The fourth-order valence-corrected chi connectivity index (χ4v) is 2.56. The van der Waals surface area contributed by atoms with Crippen LogP contribution in [0.5, 0.6) is 0 Å². The van der Waals surface area contributed by atoms with Crippen LogP contribution in [0.25, 0.3) is 0 Å². The number of nitrogens with zero attached hydrogens (tertiary/aromatic N) is 2. The van der Waals surface area contributed by atoms with Gasteiger partial charge >= 0.3 is 12.1 Å². The molecule has 2 aromatic rings. The molecule has 7 heteroatoms. The molecule has 0 aromatic heterocycles. The van der Waals surface area contributed by atoms with Crippen LogP contribution >= 0.6 is 0 Å². The number of carbonyl (C=O) groups excluding carboxylic acids is 1. The zero-order valence-electron chi connectivity index (χ0n) is 13.9. The average molecular weight is 350 g/mol. The summed E-state index contributed by atoms with van der Waals surface area (Å²) in [6.45, 7) is 0.343. The molecule has 7 nitrogen and oxygen atoms in total. The molecule has 0 aliphatic carbocycles. The molecule has 1 atom stereocenters. The molecular weight excluding hydrogens is 332 g/mol. The summed E-state index contributed by atoms with van der Waals surface area (Å²) in [4.78, 5) is 29.1. The Morgan fingerprint density at radius 3 is 2.35 bits per heavy atom. The summed E-state index contributed by atoms with van der Waals surface area (Å²) in [5.74, 6) is 0.258. The van der Waals surface area contributed by atoms with E-state index in [4.69, 9.17) is 0 Å². The van der Waals surface area contributed by atoms with E-state index < -0.39 is 18.3 Å². The van der Waals surface area contributed by atoms with Crippen molar-refractivity contribution in [1.29, 1.82) is 0 Å². The van der Waals surface area contributed by atoms with Gasteiger partial charge in [-0.3, -0.25) is 0 Å². The van der Waals surface area contributed by atoms with Crippen molar-refractivity contribution in [3.8, 4) is 0 Å². The second kappa shape index (κ2) is 7.98. The van der Waals surface area contributed by atoms with Crippen LogP contribution in [0, 0.1) is 0 Å². The van der Waals surface area contributed by atoms with Crippen molar-refractivity contribution in [3.05, 3.63) is 84.1 Å². The lowest BCUT2D eigenvalue weighted by molar-refractivity contribution is 0.157. The van der Waals surface area contributed by atoms with E-state index in [0.29, 0.717) is 12.1 Å². The number of hydrogen-bond donors (Lipinski definition) is 3. The minimum Gasteiger partial charge on any atom is -0.465 e. The molecule has 3 amide bonds. The summed E-state index contributed by atoms with van der Waals surface area (Å²) in [6.07, 6.45) is 0.952. The largest absolute Gasteiger partial charge is 0.465 e. The van der Waals surface area contributed by atoms with Crippen molar-refractivity contribution < 1.29 is 14.7 Å². The third-order valence-corrected chi connectivity index (χ3v) is 3.78. The minimum atomic E-state index is -1.20. The first-order chi connectivity index (χ1) is 12.6. The van der Waals surface area contributed by atoms with Gasteiger partial charge < -0.3 is 15.7 Å². The summed E-state index contributed by atoms with van der Waals surface area (Å²) >= 11 is 0. The SMILES string of the molecule is O=C(NCc1ccccc1)NC1C=CN=C(c2ccccc2)N1C(=O)O. The third-order valence-electron chi connectivity index (χ3n) is 3.78. The first-order valence-corrected chi connectivity index (χ1v) is 8.05. The number of carbonyl (C=O) groups is 2. The number of rotatable bonds is 4. The van der Waals surface area contributed by atoms with Crippen molar-refractivity contribution in [2.45, 2.75) is 12.7 Å². The Morgan fingerprint density at radius 2 is 1.69 bits per heavy atom. The number of amides is 3. The van der Waals surface area contributed by atoms with Gasteiger partial charge in [-0.1, -0.05) is 60.7 Å². The smallest absolute Gasteiger partial charge is 0.415 e. The van der Waals surface area contributed by atoms with Gasteiger partial charge in [-0.2, -0.15) is 0 Å². The summed E-state index contributed by atoms with van der Waals surface area (Å²) < 4.78 is 0. The van der Waals surface area contributed by atoms with Crippen LogP contribution in [0.3, 0.4) is 0 Å². The van der Waals surface area contributed by atoms with Crippen molar-refractivity contribution in [2.24, 2.45) is 4.99 Å². The van der Waals surface area contributed by atoms with Gasteiger partial charge in [0.1, 0.15) is 12.0 Å². The second-order valence-electron chi connectivity index (χ2n) is 5.57. The lowest BCUT2D eigenvalue weighted by atomic mass is 10.1. The third kappa shape index (κ3) is 4.07. The van der Waals surface area contributed by atoms with E-state index in [9.17, 15) is 14.7 Å². The molecule has 0 spiro atoms. The zero-order valence-corrected chi connectivity index (χ0v) is 13.9. The Hall–Kier alpha value is -3.61. The lowest BCUT2D eigenvalue weighted by Crippen LogP contribution is -2.55. The first kappa shape index (κ1) is 17.2. The Labute approximate surface area is 150 Å². The molecule has 0 bridgehead atoms. The highest BCUT2D eigenvalue weighted by Gasteiger charge is 2.30. The van der Waals surface area contributed by atoms with Gasteiger partial charge in [0.15, 0.2) is 0 Å². The van der Waals surface area contributed by atoms with E-state index in [2.05, 4.69) is 15.6 Å². The molecule has 2 aromatic carbocycles. The van der Waals surface area contributed by atoms with Crippen molar-refractivity contribution in [1.82, 2.24) is 15.5 Å². The van der Waals surface area contributed by atoms with E-state index in [1.807, 2.05) is 36.4 Å².